The van der Waals surface area contributed by atoms with Crippen LogP contribution in [0.3, 0.4) is 0 Å². The van der Waals surface area contributed by atoms with Crippen LogP contribution in [0, 0.1) is 12.3 Å². The molecule has 4 rings (SSSR count). The third-order valence-corrected chi connectivity index (χ3v) is 6.77. The summed E-state index contributed by atoms with van der Waals surface area (Å²) in [6, 6.07) is 5.76. The third-order valence-electron chi connectivity index (χ3n) is 6.77. The predicted molar refractivity (Wildman–Crippen MR) is 129 cm³/mol. The molecule has 0 spiro atoms. The monoisotopic (exact) mass is 437 g/mol. The molecule has 1 aromatic heterocycles. The summed E-state index contributed by atoms with van der Waals surface area (Å²) in [5.74, 6) is 1.33. The number of aromatic nitrogens is 3. The van der Waals surface area contributed by atoms with Gasteiger partial charge >= 0.3 is 0 Å². The van der Waals surface area contributed by atoms with Gasteiger partial charge in [0.15, 0.2) is 0 Å². The molecule has 1 amide bonds. The van der Waals surface area contributed by atoms with Crippen LogP contribution in [0.15, 0.2) is 18.2 Å². The minimum atomic E-state index is -0.458. The number of primary amides is 1. The Labute approximate surface area is 190 Å². The van der Waals surface area contributed by atoms with Crippen molar-refractivity contribution < 1.29 is 4.79 Å². The first-order valence-electron chi connectivity index (χ1n) is 11.8. The molecule has 0 bridgehead atoms. The Morgan fingerprint density at radius 2 is 1.97 bits per heavy atom. The van der Waals surface area contributed by atoms with E-state index in [9.17, 15) is 4.79 Å². The van der Waals surface area contributed by atoms with Crippen LogP contribution >= 0.6 is 0 Å². The highest BCUT2D eigenvalue weighted by Gasteiger charge is 2.34. The Morgan fingerprint density at radius 1 is 1.22 bits per heavy atom. The van der Waals surface area contributed by atoms with Crippen LogP contribution in [-0.4, -0.2) is 40.0 Å². The Bertz CT molecular complexity index is 973. The average Bonchev–Trinajstić information content (AvgIpc) is 3.39. The topological polar surface area (TPSA) is 109 Å². The van der Waals surface area contributed by atoms with Crippen molar-refractivity contribution in [1.82, 2.24) is 15.0 Å². The summed E-state index contributed by atoms with van der Waals surface area (Å²) in [7, 11) is 0. The number of aryl methyl sites for hydroxylation is 1. The molecule has 2 heterocycles. The first-order valence-corrected chi connectivity index (χ1v) is 11.8. The van der Waals surface area contributed by atoms with Crippen molar-refractivity contribution in [3.63, 3.8) is 0 Å². The van der Waals surface area contributed by atoms with Gasteiger partial charge in [0, 0.05) is 30.4 Å². The van der Waals surface area contributed by atoms with Crippen LogP contribution in [0.5, 0.6) is 0 Å². The van der Waals surface area contributed by atoms with Crippen molar-refractivity contribution in [2.75, 3.05) is 28.6 Å². The number of nitrogens with zero attached hydrogens (tertiary/aromatic N) is 4. The lowest BCUT2D eigenvalue weighted by Gasteiger charge is -2.24. The number of rotatable bonds is 8. The smallest absolute Gasteiger partial charge is 0.248 e. The molecular formula is C24H35N7O. The van der Waals surface area contributed by atoms with Crippen LogP contribution in [0.4, 0.5) is 23.5 Å². The van der Waals surface area contributed by atoms with E-state index in [0.29, 0.717) is 34.9 Å². The van der Waals surface area contributed by atoms with Crippen LogP contribution in [0.2, 0.25) is 0 Å². The Hall–Kier alpha value is -2.90. The first kappa shape index (κ1) is 22.3. The highest BCUT2D eigenvalue weighted by Crippen LogP contribution is 2.36. The van der Waals surface area contributed by atoms with Gasteiger partial charge in [-0.15, -0.1) is 0 Å². The van der Waals surface area contributed by atoms with Gasteiger partial charge in [-0.3, -0.25) is 4.79 Å². The maximum absolute atomic E-state index is 11.6. The normalized spacial score (nSPS) is 21.2. The molecule has 1 aliphatic carbocycles. The zero-order valence-electron chi connectivity index (χ0n) is 19.4. The molecule has 1 aliphatic heterocycles. The minimum Gasteiger partial charge on any atom is -0.366 e. The van der Waals surface area contributed by atoms with Crippen molar-refractivity contribution in [2.24, 2.45) is 11.1 Å². The Kier molecular flexibility index (Phi) is 6.48. The summed E-state index contributed by atoms with van der Waals surface area (Å²) in [4.78, 5) is 28.1. The zero-order valence-corrected chi connectivity index (χ0v) is 19.4. The molecule has 0 radical (unpaired) electrons. The second-order valence-electron chi connectivity index (χ2n) is 9.66. The molecule has 1 unspecified atom stereocenters. The van der Waals surface area contributed by atoms with Crippen molar-refractivity contribution in [3.05, 3.63) is 29.3 Å². The number of hydrogen-bond donors (Lipinski definition) is 3. The largest absolute Gasteiger partial charge is 0.366 e. The Morgan fingerprint density at radius 3 is 2.69 bits per heavy atom. The summed E-state index contributed by atoms with van der Waals surface area (Å²) in [6.45, 7) is 8.46. The standard InChI is InChI=1S/C24H35N7O/c1-4-11-24(3)12-13-31(15-24)23-29-21(26-18-7-5-6-8-18)28-22(30-23)27-19-14-17(20(25)32)10-9-16(19)2/h9-10,14,18H,4-8,11-13,15H2,1-3H3,(H2,25,32)(H2,26,27,28,29,30). The van der Waals surface area contributed by atoms with Gasteiger partial charge in [-0.2, -0.15) is 15.0 Å². The zero-order chi connectivity index (χ0) is 22.7. The summed E-state index contributed by atoms with van der Waals surface area (Å²) in [6.07, 6.45) is 8.27. The highest BCUT2D eigenvalue weighted by atomic mass is 16.1. The summed E-state index contributed by atoms with van der Waals surface area (Å²) >= 11 is 0. The van der Waals surface area contributed by atoms with Crippen LogP contribution < -0.4 is 21.3 Å². The van der Waals surface area contributed by atoms with Crippen molar-refractivity contribution in [3.8, 4) is 0 Å². The van der Waals surface area contributed by atoms with E-state index in [0.717, 1.165) is 43.6 Å². The molecular weight excluding hydrogens is 402 g/mol. The van der Waals surface area contributed by atoms with Crippen LogP contribution in [0.25, 0.3) is 0 Å². The lowest BCUT2D eigenvalue weighted by molar-refractivity contribution is 0.100. The SMILES string of the molecule is CCCC1(C)CCN(c2nc(Nc3cc(C(N)=O)ccc3C)nc(NC3CCCC3)n2)C1. The molecule has 172 valence electrons. The molecule has 2 aliphatic rings. The fourth-order valence-electron chi connectivity index (χ4n) is 4.91. The molecule has 8 heteroatoms. The minimum absolute atomic E-state index is 0.292. The van der Waals surface area contributed by atoms with E-state index in [2.05, 4.69) is 34.4 Å². The number of anilines is 4. The van der Waals surface area contributed by atoms with Crippen molar-refractivity contribution >= 4 is 29.4 Å². The molecule has 1 atom stereocenters. The molecule has 1 aromatic carbocycles. The van der Waals surface area contributed by atoms with Gasteiger partial charge in [-0.05, 0) is 55.7 Å². The van der Waals surface area contributed by atoms with E-state index < -0.39 is 5.91 Å². The van der Waals surface area contributed by atoms with Gasteiger partial charge < -0.3 is 21.3 Å². The van der Waals surface area contributed by atoms with Gasteiger partial charge in [0.25, 0.3) is 0 Å². The number of carbonyl (C=O) groups excluding carboxylic acids is 1. The number of nitrogens with two attached hydrogens (primary N) is 1. The van der Waals surface area contributed by atoms with Gasteiger partial charge in [-0.25, -0.2) is 0 Å². The van der Waals surface area contributed by atoms with E-state index in [1.165, 1.54) is 25.7 Å². The van der Waals surface area contributed by atoms with Crippen molar-refractivity contribution in [2.45, 2.75) is 71.8 Å². The summed E-state index contributed by atoms with van der Waals surface area (Å²) in [5, 5.41) is 6.82. The average molecular weight is 438 g/mol. The summed E-state index contributed by atoms with van der Waals surface area (Å²) < 4.78 is 0. The van der Waals surface area contributed by atoms with Gasteiger partial charge in [0.05, 0.1) is 0 Å². The van der Waals surface area contributed by atoms with E-state index in [-0.39, 0.29) is 0 Å². The molecule has 32 heavy (non-hydrogen) atoms. The van der Waals surface area contributed by atoms with E-state index in [1.807, 2.05) is 13.0 Å². The van der Waals surface area contributed by atoms with Gasteiger partial charge in [0.2, 0.25) is 23.8 Å². The van der Waals surface area contributed by atoms with Crippen LogP contribution in [0.1, 0.15) is 74.7 Å². The van der Waals surface area contributed by atoms with Crippen LogP contribution in [-0.2, 0) is 0 Å². The van der Waals surface area contributed by atoms with E-state index >= 15 is 0 Å². The molecule has 1 saturated carbocycles. The number of amides is 1. The second-order valence-corrected chi connectivity index (χ2v) is 9.66. The molecule has 4 N–H and O–H groups in total. The molecule has 8 nitrogen and oxygen atoms in total. The predicted octanol–water partition coefficient (Wildman–Crippen LogP) is 4.39. The Balaban J connectivity index is 1.63. The van der Waals surface area contributed by atoms with E-state index in [1.54, 1.807) is 12.1 Å². The molecule has 2 aromatic rings. The lowest BCUT2D eigenvalue weighted by Crippen LogP contribution is -2.27. The molecule has 2 fully saturated rings. The number of benzene rings is 1. The lowest BCUT2D eigenvalue weighted by atomic mass is 9.85. The first-order chi connectivity index (χ1) is 15.3. The van der Waals surface area contributed by atoms with Gasteiger partial charge in [0.1, 0.15) is 0 Å². The fourth-order valence-corrected chi connectivity index (χ4v) is 4.91. The highest BCUT2D eigenvalue weighted by molar-refractivity contribution is 5.94. The second kappa shape index (κ2) is 9.30. The number of nitrogens with one attached hydrogen (secondary N) is 2. The number of hydrogen-bond acceptors (Lipinski definition) is 7. The maximum Gasteiger partial charge on any atom is 0.248 e. The molecule has 1 saturated heterocycles. The van der Waals surface area contributed by atoms with E-state index in [4.69, 9.17) is 15.7 Å². The number of carbonyl (C=O) groups is 1. The third kappa shape index (κ3) is 5.11. The summed E-state index contributed by atoms with van der Waals surface area (Å²) in [5.41, 5.74) is 7.97. The maximum atomic E-state index is 11.6. The van der Waals surface area contributed by atoms with Gasteiger partial charge in [-0.1, -0.05) is 39.2 Å². The quantitative estimate of drug-likeness (QED) is 0.562. The van der Waals surface area contributed by atoms with Crippen molar-refractivity contribution in [1.29, 1.82) is 0 Å². The fraction of sp³-hybridized carbons (Fsp3) is 0.583.